The summed E-state index contributed by atoms with van der Waals surface area (Å²) in [6.45, 7) is -0.287. The Morgan fingerprint density at radius 3 is 2.58 bits per heavy atom. The number of nitro groups is 1. The molecule has 0 saturated heterocycles. The van der Waals surface area contributed by atoms with Crippen molar-refractivity contribution in [3.8, 4) is 11.5 Å². The van der Waals surface area contributed by atoms with Crippen LogP contribution in [0.3, 0.4) is 0 Å². The van der Waals surface area contributed by atoms with Gasteiger partial charge in [-0.05, 0) is 36.4 Å². The molecule has 1 heterocycles. The van der Waals surface area contributed by atoms with Crippen molar-refractivity contribution in [2.75, 3.05) is 18.2 Å². The van der Waals surface area contributed by atoms with E-state index in [2.05, 4.69) is 0 Å². The molecule has 0 radical (unpaired) electrons. The zero-order valence-electron chi connectivity index (χ0n) is 17.4. The van der Waals surface area contributed by atoms with Crippen LogP contribution >= 0.6 is 0 Å². The number of fused-ring (bicyclic) bond motifs is 1. The lowest BCUT2D eigenvalue weighted by Gasteiger charge is -2.28. The zero-order valence-corrected chi connectivity index (χ0v) is 18.2. The van der Waals surface area contributed by atoms with Crippen LogP contribution in [0.4, 0.5) is 15.8 Å². The molecular weight excluding hydrogens is 455 g/mol. The van der Waals surface area contributed by atoms with Gasteiger partial charge in [-0.25, -0.2) is 12.8 Å². The second-order valence-corrected chi connectivity index (χ2v) is 8.96. The van der Waals surface area contributed by atoms with Gasteiger partial charge in [0.25, 0.3) is 15.7 Å². The number of para-hydroxylation sites is 2. The molecule has 1 aliphatic rings. The van der Waals surface area contributed by atoms with Gasteiger partial charge in [-0.1, -0.05) is 12.1 Å². The molecule has 0 atom stereocenters. The van der Waals surface area contributed by atoms with Crippen molar-refractivity contribution in [1.29, 1.82) is 0 Å². The molecule has 9 nitrogen and oxygen atoms in total. The highest BCUT2D eigenvalue weighted by Crippen LogP contribution is 2.38. The van der Waals surface area contributed by atoms with Gasteiger partial charge in [-0.2, -0.15) is 0 Å². The summed E-state index contributed by atoms with van der Waals surface area (Å²) < 4.78 is 58.0. The molecular formula is C22H19FN2O7S. The van der Waals surface area contributed by atoms with Crippen molar-refractivity contribution in [3.05, 3.63) is 87.7 Å². The third-order valence-electron chi connectivity index (χ3n) is 5.05. The van der Waals surface area contributed by atoms with Crippen LogP contribution in [-0.4, -0.2) is 27.2 Å². The number of anilines is 1. The van der Waals surface area contributed by atoms with Crippen molar-refractivity contribution in [2.45, 2.75) is 18.0 Å². The number of nitrogens with zero attached hydrogens (tertiary/aromatic N) is 2. The summed E-state index contributed by atoms with van der Waals surface area (Å²) in [5.41, 5.74) is 0.692. The van der Waals surface area contributed by atoms with Gasteiger partial charge in [-0.3, -0.25) is 14.4 Å². The fourth-order valence-electron chi connectivity index (χ4n) is 3.53. The first-order valence-corrected chi connectivity index (χ1v) is 11.2. The lowest BCUT2D eigenvalue weighted by Crippen LogP contribution is -2.31. The lowest BCUT2D eigenvalue weighted by atomic mass is 10.1. The quantitative estimate of drug-likeness (QED) is 0.376. The van der Waals surface area contributed by atoms with E-state index in [1.165, 1.54) is 19.2 Å². The van der Waals surface area contributed by atoms with E-state index in [1.54, 1.807) is 24.3 Å². The number of non-ortho nitro benzene ring substituents is 1. The SMILES string of the molecule is COc1ccccc1N(Cc1cc([N+](=O)[O-])cc2c1OCOC2)S(=O)(=O)c1ccc(F)cc1. The van der Waals surface area contributed by atoms with Crippen LogP contribution in [0.25, 0.3) is 0 Å². The molecule has 0 amide bonds. The Morgan fingerprint density at radius 2 is 1.88 bits per heavy atom. The van der Waals surface area contributed by atoms with Crippen LogP contribution in [0, 0.1) is 15.9 Å². The number of hydrogen-bond donors (Lipinski definition) is 0. The first-order chi connectivity index (χ1) is 15.8. The first kappa shape index (κ1) is 22.5. The lowest BCUT2D eigenvalue weighted by molar-refractivity contribution is -0.385. The predicted octanol–water partition coefficient (Wildman–Crippen LogP) is 4.00. The number of nitro benzene ring substituents is 1. The van der Waals surface area contributed by atoms with Gasteiger partial charge < -0.3 is 14.2 Å². The van der Waals surface area contributed by atoms with Crippen molar-refractivity contribution in [2.24, 2.45) is 0 Å². The molecule has 0 N–H and O–H groups in total. The number of hydrogen-bond acceptors (Lipinski definition) is 7. The molecule has 0 aliphatic carbocycles. The summed E-state index contributed by atoms with van der Waals surface area (Å²) in [4.78, 5) is 10.8. The number of methoxy groups -OCH3 is 1. The van der Waals surface area contributed by atoms with Gasteiger partial charge in [0.05, 0.1) is 35.8 Å². The van der Waals surface area contributed by atoms with Gasteiger partial charge >= 0.3 is 0 Å². The normalized spacial score (nSPS) is 13.0. The monoisotopic (exact) mass is 474 g/mol. The molecule has 0 unspecified atom stereocenters. The van der Waals surface area contributed by atoms with E-state index in [-0.39, 0.29) is 47.5 Å². The Kier molecular flexibility index (Phi) is 6.16. The third kappa shape index (κ3) is 4.45. The highest BCUT2D eigenvalue weighted by molar-refractivity contribution is 7.92. The average Bonchev–Trinajstić information content (AvgIpc) is 2.82. The zero-order chi connectivity index (χ0) is 23.6. The van der Waals surface area contributed by atoms with Gasteiger partial charge in [0.2, 0.25) is 0 Å². The fourth-order valence-corrected chi connectivity index (χ4v) is 4.98. The van der Waals surface area contributed by atoms with E-state index in [9.17, 15) is 22.9 Å². The molecule has 11 heteroatoms. The molecule has 172 valence electrons. The maximum Gasteiger partial charge on any atom is 0.270 e. The molecule has 0 spiro atoms. The van der Waals surface area contributed by atoms with E-state index in [4.69, 9.17) is 14.2 Å². The van der Waals surface area contributed by atoms with E-state index < -0.39 is 20.8 Å². The summed E-state index contributed by atoms with van der Waals surface area (Å²) in [5, 5.41) is 11.5. The second-order valence-electron chi connectivity index (χ2n) is 7.10. The highest BCUT2D eigenvalue weighted by atomic mass is 32.2. The van der Waals surface area contributed by atoms with Gasteiger partial charge in [0.15, 0.2) is 6.79 Å². The van der Waals surface area contributed by atoms with E-state index in [0.717, 1.165) is 28.6 Å². The van der Waals surface area contributed by atoms with Crippen LogP contribution in [0.2, 0.25) is 0 Å². The Hall–Kier alpha value is -3.70. The molecule has 3 aromatic rings. The highest BCUT2D eigenvalue weighted by Gasteiger charge is 2.30. The Balaban J connectivity index is 1.89. The predicted molar refractivity (Wildman–Crippen MR) is 116 cm³/mol. The van der Waals surface area contributed by atoms with Crippen LogP contribution in [0.15, 0.2) is 65.6 Å². The van der Waals surface area contributed by atoms with Crippen molar-refractivity contribution in [1.82, 2.24) is 0 Å². The number of sulfonamides is 1. The first-order valence-electron chi connectivity index (χ1n) is 9.73. The van der Waals surface area contributed by atoms with Crippen molar-refractivity contribution >= 4 is 21.4 Å². The number of rotatable bonds is 7. The van der Waals surface area contributed by atoms with E-state index in [0.29, 0.717) is 11.3 Å². The van der Waals surface area contributed by atoms with Gasteiger partial charge in [0, 0.05) is 23.3 Å². The van der Waals surface area contributed by atoms with Crippen LogP contribution in [-0.2, 0) is 27.9 Å². The van der Waals surface area contributed by atoms with E-state index in [1.807, 2.05) is 0 Å². The minimum atomic E-state index is -4.23. The minimum absolute atomic E-state index is 0.0722. The molecule has 0 aromatic heterocycles. The van der Waals surface area contributed by atoms with Crippen LogP contribution in [0.1, 0.15) is 11.1 Å². The third-order valence-corrected chi connectivity index (χ3v) is 6.83. The maximum atomic E-state index is 13.7. The molecule has 1 aliphatic heterocycles. The minimum Gasteiger partial charge on any atom is -0.495 e. The number of ether oxygens (including phenoxy) is 3. The summed E-state index contributed by atoms with van der Waals surface area (Å²) in [6.07, 6.45) is 0. The molecule has 3 aromatic carbocycles. The van der Waals surface area contributed by atoms with Crippen molar-refractivity contribution in [3.63, 3.8) is 0 Å². The maximum absolute atomic E-state index is 13.7. The molecule has 0 fully saturated rings. The average molecular weight is 474 g/mol. The largest absolute Gasteiger partial charge is 0.495 e. The van der Waals surface area contributed by atoms with Crippen molar-refractivity contribution < 1.29 is 31.9 Å². The Bertz CT molecular complexity index is 1300. The smallest absolute Gasteiger partial charge is 0.270 e. The molecule has 33 heavy (non-hydrogen) atoms. The number of halogens is 1. The standard InChI is InChI=1S/C22H19FN2O7S/c1-30-21-5-3-2-4-20(21)24(33(28,29)19-8-6-17(23)7-9-19)12-15-10-18(25(26)27)11-16-13-31-14-32-22(15)16/h2-11H,12-14H2,1H3. The molecule has 4 rings (SSSR count). The Labute approximate surface area is 189 Å². The second kappa shape index (κ2) is 9.04. The molecule has 0 bridgehead atoms. The van der Waals surface area contributed by atoms with Gasteiger partial charge in [0.1, 0.15) is 17.3 Å². The summed E-state index contributed by atoms with van der Waals surface area (Å²) in [6, 6.07) is 13.5. The summed E-state index contributed by atoms with van der Waals surface area (Å²) in [7, 11) is -2.83. The van der Waals surface area contributed by atoms with Gasteiger partial charge in [-0.15, -0.1) is 0 Å². The summed E-state index contributed by atoms with van der Waals surface area (Å²) >= 11 is 0. The van der Waals surface area contributed by atoms with E-state index >= 15 is 0 Å². The fraction of sp³-hybridized carbons (Fsp3) is 0.182. The molecule has 0 saturated carbocycles. The van der Waals surface area contributed by atoms with Crippen LogP contribution < -0.4 is 13.8 Å². The summed E-state index contributed by atoms with van der Waals surface area (Å²) in [5.74, 6) is 0.00624. The Morgan fingerprint density at radius 1 is 1.15 bits per heavy atom. The van der Waals surface area contributed by atoms with Crippen LogP contribution in [0.5, 0.6) is 11.5 Å². The number of benzene rings is 3. The topological polar surface area (TPSA) is 108 Å².